The molecule has 0 bridgehead atoms. The van der Waals surface area contributed by atoms with Gasteiger partial charge in [0, 0.05) is 17.7 Å². The number of amides is 4. The van der Waals surface area contributed by atoms with Crippen molar-refractivity contribution in [2.45, 2.75) is 13.1 Å². The number of hydrogen-bond acceptors (Lipinski definition) is 4. The standard InChI is InChI=1S/C26H24FN5O3/c1-2-28-22(33)16-32-21-15-9-6-12-18(21)23(17-10-4-3-5-11-17)30-24(25(32)34)31-26(35)29-20-14-8-7-13-19(20)27/h3-15,24H,2,16H2,1H3,(H,28,33)(H2,29,31,35)/t24-/m1/s1. The van der Waals surface area contributed by atoms with Gasteiger partial charge in [-0.2, -0.15) is 0 Å². The van der Waals surface area contributed by atoms with Crippen molar-refractivity contribution in [1.29, 1.82) is 0 Å². The number of rotatable bonds is 6. The number of benzene rings is 3. The second-order valence-electron chi connectivity index (χ2n) is 7.72. The summed E-state index contributed by atoms with van der Waals surface area (Å²) in [4.78, 5) is 44.7. The Labute approximate surface area is 201 Å². The Morgan fingerprint density at radius 1 is 0.971 bits per heavy atom. The van der Waals surface area contributed by atoms with Gasteiger partial charge in [0.2, 0.25) is 12.1 Å². The molecule has 1 atom stereocenters. The van der Waals surface area contributed by atoms with E-state index < -0.39 is 23.9 Å². The molecule has 0 saturated carbocycles. The van der Waals surface area contributed by atoms with E-state index in [1.54, 1.807) is 31.2 Å². The molecule has 3 aromatic carbocycles. The molecule has 1 aliphatic heterocycles. The molecule has 4 rings (SSSR count). The van der Waals surface area contributed by atoms with Gasteiger partial charge in [-0.1, -0.05) is 60.7 Å². The Morgan fingerprint density at radius 3 is 2.40 bits per heavy atom. The number of benzodiazepines with no additional fused rings is 1. The monoisotopic (exact) mass is 473 g/mol. The van der Waals surface area contributed by atoms with Gasteiger partial charge in [0.25, 0.3) is 5.91 Å². The van der Waals surface area contributed by atoms with E-state index in [1.165, 1.54) is 23.1 Å². The summed E-state index contributed by atoms with van der Waals surface area (Å²) in [5.41, 5.74) is 2.29. The summed E-state index contributed by atoms with van der Waals surface area (Å²) in [6.45, 7) is 1.93. The number of nitrogens with one attached hydrogen (secondary N) is 3. The van der Waals surface area contributed by atoms with Crippen LogP contribution >= 0.6 is 0 Å². The zero-order chi connectivity index (χ0) is 24.8. The summed E-state index contributed by atoms with van der Waals surface area (Å²) in [7, 11) is 0. The van der Waals surface area contributed by atoms with Crippen LogP contribution in [0.3, 0.4) is 0 Å². The Hall–Kier alpha value is -4.53. The molecule has 3 N–H and O–H groups in total. The fraction of sp³-hybridized carbons (Fsp3) is 0.154. The van der Waals surface area contributed by atoms with Gasteiger partial charge in [-0.25, -0.2) is 14.2 Å². The van der Waals surface area contributed by atoms with Gasteiger partial charge < -0.3 is 16.0 Å². The predicted molar refractivity (Wildman–Crippen MR) is 132 cm³/mol. The Kier molecular flexibility index (Phi) is 7.15. The molecule has 35 heavy (non-hydrogen) atoms. The fourth-order valence-corrected chi connectivity index (χ4v) is 3.75. The van der Waals surface area contributed by atoms with Crippen molar-refractivity contribution < 1.29 is 18.8 Å². The number of anilines is 2. The number of urea groups is 1. The minimum atomic E-state index is -1.36. The van der Waals surface area contributed by atoms with Crippen LogP contribution in [0.5, 0.6) is 0 Å². The maximum atomic E-state index is 14.0. The maximum Gasteiger partial charge on any atom is 0.321 e. The minimum Gasteiger partial charge on any atom is -0.355 e. The molecule has 3 aromatic rings. The van der Waals surface area contributed by atoms with Crippen LogP contribution in [0, 0.1) is 5.82 Å². The molecule has 178 valence electrons. The number of hydrogen-bond donors (Lipinski definition) is 3. The molecule has 0 aromatic heterocycles. The van der Waals surface area contributed by atoms with Crippen molar-refractivity contribution in [2.24, 2.45) is 4.99 Å². The number of likely N-dealkylation sites (N-methyl/N-ethyl adjacent to an activating group) is 1. The van der Waals surface area contributed by atoms with E-state index in [1.807, 2.05) is 36.4 Å². The topological polar surface area (TPSA) is 103 Å². The highest BCUT2D eigenvalue weighted by Crippen LogP contribution is 2.28. The van der Waals surface area contributed by atoms with Gasteiger partial charge in [-0.15, -0.1) is 0 Å². The van der Waals surface area contributed by atoms with Gasteiger partial charge in [0.15, 0.2) is 0 Å². The molecule has 9 heteroatoms. The number of para-hydroxylation sites is 2. The highest BCUT2D eigenvalue weighted by Gasteiger charge is 2.34. The fourth-order valence-electron chi connectivity index (χ4n) is 3.75. The number of carbonyl (C=O) groups excluding carboxylic acids is 3. The molecular weight excluding hydrogens is 449 g/mol. The van der Waals surface area contributed by atoms with Crippen LogP contribution in [-0.4, -0.2) is 42.8 Å². The summed E-state index contributed by atoms with van der Waals surface area (Å²) >= 11 is 0. The van der Waals surface area contributed by atoms with Crippen molar-refractivity contribution in [2.75, 3.05) is 23.3 Å². The number of halogens is 1. The molecule has 0 saturated heterocycles. The molecule has 1 aliphatic rings. The second kappa shape index (κ2) is 10.6. The lowest BCUT2D eigenvalue weighted by Crippen LogP contribution is -2.51. The number of nitrogens with zero attached hydrogens (tertiary/aromatic N) is 2. The van der Waals surface area contributed by atoms with Crippen LogP contribution in [-0.2, 0) is 9.59 Å². The zero-order valence-corrected chi connectivity index (χ0v) is 19.0. The number of aliphatic imine (C=N–C) groups is 1. The largest absolute Gasteiger partial charge is 0.355 e. The number of fused-ring (bicyclic) bond motifs is 1. The van der Waals surface area contributed by atoms with Crippen molar-refractivity contribution in [3.05, 3.63) is 95.8 Å². The Balaban J connectivity index is 1.74. The summed E-state index contributed by atoms with van der Waals surface area (Å²) in [5.74, 6) is -1.57. The van der Waals surface area contributed by atoms with E-state index >= 15 is 0 Å². The molecule has 8 nitrogen and oxygen atoms in total. The molecule has 4 amide bonds. The van der Waals surface area contributed by atoms with Gasteiger partial charge in [0.1, 0.15) is 12.4 Å². The smallest absolute Gasteiger partial charge is 0.321 e. The highest BCUT2D eigenvalue weighted by atomic mass is 19.1. The first-order valence-electron chi connectivity index (χ1n) is 11.1. The minimum absolute atomic E-state index is 0.0409. The van der Waals surface area contributed by atoms with Crippen LogP contribution in [0.1, 0.15) is 18.1 Å². The first kappa shape index (κ1) is 23.6. The highest BCUT2D eigenvalue weighted by molar-refractivity contribution is 6.21. The molecular formula is C26H24FN5O3. The predicted octanol–water partition coefficient (Wildman–Crippen LogP) is 3.29. The van der Waals surface area contributed by atoms with E-state index in [0.29, 0.717) is 23.5 Å². The third kappa shape index (κ3) is 5.35. The average molecular weight is 474 g/mol. The molecule has 0 radical (unpaired) electrons. The third-order valence-electron chi connectivity index (χ3n) is 5.32. The summed E-state index contributed by atoms with van der Waals surface area (Å²) < 4.78 is 14.0. The quantitative estimate of drug-likeness (QED) is 0.512. The van der Waals surface area contributed by atoms with Crippen molar-refractivity contribution in [3.63, 3.8) is 0 Å². The molecule has 0 spiro atoms. The molecule has 1 heterocycles. The van der Waals surface area contributed by atoms with Crippen LogP contribution < -0.4 is 20.9 Å². The van der Waals surface area contributed by atoms with Crippen LogP contribution in [0.25, 0.3) is 0 Å². The lowest BCUT2D eigenvalue weighted by Gasteiger charge is -2.25. The van der Waals surface area contributed by atoms with E-state index in [-0.39, 0.29) is 18.1 Å². The molecule has 0 aliphatic carbocycles. The SMILES string of the molecule is CCNC(=O)CN1C(=O)[C@@H](NC(=O)Nc2ccccc2F)N=C(c2ccccc2)c2ccccc21. The van der Waals surface area contributed by atoms with Gasteiger partial charge in [0.05, 0.1) is 17.1 Å². The van der Waals surface area contributed by atoms with Crippen LogP contribution in [0.15, 0.2) is 83.9 Å². The summed E-state index contributed by atoms with van der Waals surface area (Å²) in [5, 5.41) is 7.62. The Morgan fingerprint density at radius 2 is 1.66 bits per heavy atom. The van der Waals surface area contributed by atoms with Crippen molar-refractivity contribution >= 4 is 34.9 Å². The average Bonchev–Trinajstić information content (AvgIpc) is 2.97. The maximum absolute atomic E-state index is 14.0. The van der Waals surface area contributed by atoms with Crippen molar-refractivity contribution in [3.8, 4) is 0 Å². The second-order valence-corrected chi connectivity index (χ2v) is 7.72. The lowest BCUT2D eigenvalue weighted by atomic mass is 10.0. The molecule has 0 fully saturated rings. The van der Waals surface area contributed by atoms with Gasteiger partial charge in [-0.3, -0.25) is 14.5 Å². The normalized spacial score (nSPS) is 14.9. The van der Waals surface area contributed by atoms with Crippen LogP contribution in [0.2, 0.25) is 0 Å². The zero-order valence-electron chi connectivity index (χ0n) is 19.0. The summed E-state index contributed by atoms with van der Waals surface area (Å²) in [6, 6.07) is 21.2. The van der Waals surface area contributed by atoms with Crippen LogP contribution in [0.4, 0.5) is 20.6 Å². The van der Waals surface area contributed by atoms with E-state index in [4.69, 9.17) is 0 Å². The van der Waals surface area contributed by atoms with Crippen molar-refractivity contribution in [1.82, 2.24) is 10.6 Å². The first-order valence-corrected chi connectivity index (χ1v) is 11.1. The van der Waals surface area contributed by atoms with Gasteiger partial charge >= 0.3 is 6.03 Å². The third-order valence-corrected chi connectivity index (χ3v) is 5.32. The Bertz CT molecular complexity index is 1280. The molecule has 0 unspecified atom stereocenters. The summed E-state index contributed by atoms with van der Waals surface area (Å²) in [6.07, 6.45) is -1.36. The van der Waals surface area contributed by atoms with Gasteiger partial charge in [-0.05, 0) is 25.1 Å². The van der Waals surface area contributed by atoms with E-state index in [2.05, 4.69) is 20.9 Å². The van der Waals surface area contributed by atoms with E-state index in [9.17, 15) is 18.8 Å². The van der Waals surface area contributed by atoms with E-state index in [0.717, 1.165) is 5.56 Å². The lowest BCUT2D eigenvalue weighted by molar-refractivity contribution is -0.124. The number of carbonyl (C=O) groups is 3. The first-order chi connectivity index (χ1) is 17.0.